The zero-order valence-corrected chi connectivity index (χ0v) is 12.5. The van der Waals surface area contributed by atoms with Gasteiger partial charge in [0, 0.05) is 25.1 Å². The van der Waals surface area contributed by atoms with Gasteiger partial charge in [0.05, 0.1) is 17.8 Å². The second-order valence-corrected chi connectivity index (χ2v) is 5.71. The first kappa shape index (κ1) is 13.8. The number of thiazole rings is 1. The van der Waals surface area contributed by atoms with Gasteiger partial charge in [-0.1, -0.05) is 6.92 Å². The zero-order chi connectivity index (χ0) is 13.1. The van der Waals surface area contributed by atoms with Crippen molar-refractivity contribution in [1.29, 1.82) is 0 Å². The van der Waals surface area contributed by atoms with Gasteiger partial charge in [0.25, 0.3) is 0 Å². The van der Waals surface area contributed by atoms with E-state index in [4.69, 9.17) is 9.72 Å². The molecule has 3 atom stereocenters. The standard InChI is InChI=1S/C13H23N3OS/c1-5-14-9(2)11-8-18-13(15-11)16(4)12-6-7-17-10(12)3/h8-10,12,14H,5-7H2,1-4H3. The van der Waals surface area contributed by atoms with Crippen LogP contribution in [0.3, 0.4) is 0 Å². The molecule has 1 aromatic heterocycles. The van der Waals surface area contributed by atoms with Gasteiger partial charge < -0.3 is 15.0 Å². The minimum atomic E-state index is 0.300. The molecule has 102 valence electrons. The smallest absolute Gasteiger partial charge is 0.185 e. The zero-order valence-electron chi connectivity index (χ0n) is 11.6. The molecule has 0 saturated carbocycles. The Hall–Kier alpha value is -0.650. The predicted octanol–water partition coefficient (Wildman–Crippen LogP) is 2.43. The average Bonchev–Trinajstić information content (AvgIpc) is 2.97. The Morgan fingerprint density at radius 3 is 3.06 bits per heavy atom. The van der Waals surface area contributed by atoms with Crippen LogP contribution in [0, 0.1) is 0 Å². The van der Waals surface area contributed by atoms with E-state index >= 15 is 0 Å². The van der Waals surface area contributed by atoms with Crippen LogP contribution in [0.4, 0.5) is 5.13 Å². The van der Waals surface area contributed by atoms with Crippen molar-refractivity contribution in [3.8, 4) is 0 Å². The summed E-state index contributed by atoms with van der Waals surface area (Å²) in [7, 11) is 2.12. The van der Waals surface area contributed by atoms with E-state index in [1.165, 1.54) is 0 Å². The fraction of sp³-hybridized carbons (Fsp3) is 0.769. The van der Waals surface area contributed by atoms with Crippen molar-refractivity contribution >= 4 is 16.5 Å². The Balaban J connectivity index is 2.05. The van der Waals surface area contributed by atoms with Crippen LogP contribution in [0.2, 0.25) is 0 Å². The third-order valence-corrected chi connectivity index (χ3v) is 4.55. The monoisotopic (exact) mass is 269 g/mol. The molecule has 0 aromatic carbocycles. The number of hydrogen-bond acceptors (Lipinski definition) is 5. The van der Waals surface area contributed by atoms with Crippen molar-refractivity contribution in [3.63, 3.8) is 0 Å². The van der Waals surface area contributed by atoms with Gasteiger partial charge in [-0.3, -0.25) is 0 Å². The van der Waals surface area contributed by atoms with Gasteiger partial charge in [0.15, 0.2) is 5.13 Å². The number of aromatic nitrogens is 1. The van der Waals surface area contributed by atoms with Crippen LogP contribution < -0.4 is 10.2 Å². The molecule has 1 aliphatic heterocycles. The van der Waals surface area contributed by atoms with Gasteiger partial charge in [0.1, 0.15) is 0 Å². The van der Waals surface area contributed by atoms with E-state index in [9.17, 15) is 0 Å². The molecule has 5 heteroatoms. The molecule has 1 saturated heterocycles. The largest absolute Gasteiger partial charge is 0.376 e. The molecule has 2 heterocycles. The quantitative estimate of drug-likeness (QED) is 0.891. The first-order chi connectivity index (χ1) is 8.63. The Kier molecular flexibility index (Phi) is 4.59. The molecule has 1 N–H and O–H groups in total. The molecular weight excluding hydrogens is 246 g/mol. The molecule has 0 spiro atoms. The van der Waals surface area contributed by atoms with Gasteiger partial charge in [0.2, 0.25) is 0 Å². The molecule has 1 fully saturated rings. The van der Waals surface area contributed by atoms with E-state index in [-0.39, 0.29) is 0 Å². The lowest BCUT2D eigenvalue weighted by molar-refractivity contribution is 0.118. The Morgan fingerprint density at radius 1 is 1.67 bits per heavy atom. The van der Waals surface area contributed by atoms with Crippen molar-refractivity contribution < 1.29 is 4.74 Å². The number of likely N-dealkylation sites (N-methyl/N-ethyl adjacent to an activating group) is 1. The highest BCUT2D eigenvalue weighted by Gasteiger charge is 2.29. The number of rotatable bonds is 5. The maximum atomic E-state index is 5.62. The van der Waals surface area contributed by atoms with Crippen molar-refractivity contribution in [3.05, 3.63) is 11.1 Å². The van der Waals surface area contributed by atoms with Crippen molar-refractivity contribution in [2.24, 2.45) is 0 Å². The molecule has 3 unspecified atom stereocenters. The topological polar surface area (TPSA) is 37.4 Å². The molecule has 1 aliphatic rings. The normalized spacial score (nSPS) is 25.3. The average molecular weight is 269 g/mol. The van der Waals surface area contributed by atoms with Gasteiger partial charge in [-0.25, -0.2) is 4.98 Å². The van der Waals surface area contributed by atoms with E-state index in [2.05, 4.69) is 43.4 Å². The fourth-order valence-corrected chi connectivity index (χ4v) is 3.36. The third-order valence-electron chi connectivity index (χ3n) is 3.60. The number of nitrogens with zero attached hydrogens (tertiary/aromatic N) is 2. The second kappa shape index (κ2) is 5.99. The van der Waals surface area contributed by atoms with E-state index in [1.807, 2.05) is 0 Å². The molecular formula is C13H23N3OS. The van der Waals surface area contributed by atoms with E-state index in [0.717, 1.165) is 30.4 Å². The molecule has 0 bridgehead atoms. The summed E-state index contributed by atoms with van der Waals surface area (Å²) in [6.07, 6.45) is 1.39. The van der Waals surface area contributed by atoms with Crippen LogP contribution in [-0.2, 0) is 4.74 Å². The maximum Gasteiger partial charge on any atom is 0.185 e. The second-order valence-electron chi connectivity index (χ2n) is 4.88. The first-order valence-corrected chi connectivity index (χ1v) is 7.54. The summed E-state index contributed by atoms with van der Waals surface area (Å²) in [5.74, 6) is 0. The molecule has 0 aliphatic carbocycles. The summed E-state index contributed by atoms with van der Waals surface area (Å²) < 4.78 is 5.62. The van der Waals surface area contributed by atoms with Crippen LogP contribution in [0.25, 0.3) is 0 Å². The molecule has 18 heavy (non-hydrogen) atoms. The van der Waals surface area contributed by atoms with Crippen LogP contribution in [0.5, 0.6) is 0 Å². The summed E-state index contributed by atoms with van der Waals surface area (Å²) in [5.41, 5.74) is 1.13. The Bertz CT molecular complexity index is 382. The highest BCUT2D eigenvalue weighted by atomic mass is 32.1. The van der Waals surface area contributed by atoms with E-state index < -0.39 is 0 Å². The number of anilines is 1. The fourth-order valence-electron chi connectivity index (χ4n) is 2.42. The van der Waals surface area contributed by atoms with Crippen molar-refractivity contribution in [1.82, 2.24) is 10.3 Å². The highest BCUT2D eigenvalue weighted by Crippen LogP contribution is 2.28. The van der Waals surface area contributed by atoms with Gasteiger partial charge in [-0.15, -0.1) is 11.3 Å². The number of hydrogen-bond donors (Lipinski definition) is 1. The van der Waals surface area contributed by atoms with Crippen molar-refractivity contribution in [2.45, 2.75) is 45.4 Å². The Morgan fingerprint density at radius 2 is 2.44 bits per heavy atom. The van der Waals surface area contributed by atoms with Gasteiger partial charge >= 0.3 is 0 Å². The molecule has 1 aromatic rings. The third kappa shape index (κ3) is 2.84. The molecule has 0 radical (unpaired) electrons. The first-order valence-electron chi connectivity index (χ1n) is 6.66. The SMILES string of the molecule is CCNC(C)c1csc(N(C)C2CCOC2C)n1. The highest BCUT2D eigenvalue weighted by molar-refractivity contribution is 7.13. The van der Waals surface area contributed by atoms with Crippen LogP contribution >= 0.6 is 11.3 Å². The van der Waals surface area contributed by atoms with E-state index in [1.54, 1.807) is 11.3 Å². The lowest BCUT2D eigenvalue weighted by Gasteiger charge is -2.26. The summed E-state index contributed by atoms with van der Waals surface area (Å²) in [6, 6.07) is 0.782. The minimum absolute atomic E-state index is 0.300. The lowest BCUT2D eigenvalue weighted by atomic mass is 10.1. The lowest BCUT2D eigenvalue weighted by Crippen LogP contribution is -2.36. The summed E-state index contributed by atoms with van der Waals surface area (Å²) in [4.78, 5) is 7.00. The van der Waals surface area contributed by atoms with Crippen LogP contribution in [0.15, 0.2) is 5.38 Å². The summed E-state index contributed by atoms with van der Waals surface area (Å²) in [5, 5.41) is 6.64. The minimum Gasteiger partial charge on any atom is -0.376 e. The van der Waals surface area contributed by atoms with Crippen molar-refractivity contribution in [2.75, 3.05) is 25.1 Å². The van der Waals surface area contributed by atoms with E-state index in [0.29, 0.717) is 18.2 Å². The van der Waals surface area contributed by atoms with Gasteiger partial charge in [-0.05, 0) is 26.8 Å². The van der Waals surface area contributed by atoms with Gasteiger partial charge in [-0.2, -0.15) is 0 Å². The van der Waals surface area contributed by atoms with Crippen LogP contribution in [0.1, 0.15) is 38.9 Å². The van der Waals surface area contributed by atoms with Crippen LogP contribution in [-0.4, -0.2) is 37.3 Å². The number of nitrogens with one attached hydrogen (secondary N) is 1. The predicted molar refractivity (Wildman–Crippen MR) is 76.4 cm³/mol. The maximum absolute atomic E-state index is 5.62. The summed E-state index contributed by atoms with van der Waals surface area (Å²) in [6.45, 7) is 8.25. The summed E-state index contributed by atoms with van der Waals surface area (Å²) >= 11 is 1.72. The molecule has 4 nitrogen and oxygen atoms in total. The molecule has 0 amide bonds. The number of ether oxygens (including phenoxy) is 1. The Labute approximate surface area is 113 Å². The molecule has 2 rings (SSSR count).